The van der Waals surface area contributed by atoms with Gasteiger partial charge < -0.3 is 15.5 Å². The van der Waals surface area contributed by atoms with Gasteiger partial charge in [0, 0.05) is 25.2 Å². The number of likely N-dealkylation sites (tertiary alicyclic amines) is 1. The predicted octanol–water partition coefficient (Wildman–Crippen LogP) is 1.13. The first kappa shape index (κ1) is 19.3. The van der Waals surface area contributed by atoms with Crippen molar-refractivity contribution in [3.63, 3.8) is 0 Å². The van der Waals surface area contributed by atoms with Gasteiger partial charge in [-0.25, -0.2) is 0 Å². The van der Waals surface area contributed by atoms with Gasteiger partial charge in [-0.3, -0.25) is 14.4 Å². The Morgan fingerprint density at radius 2 is 1.80 bits per heavy atom. The highest BCUT2D eigenvalue weighted by Gasteiger charge is 2.22. The molecule has 1 saturated heterocycles. The van der Waals surface area contributed by atoms with Gasteiger partial charge in [-0.1, -0.05) is 18.2 Å². The van der Waals surface area contributed by atoms with Gasteiger partial charge in [-0.05, 0) is 37.1 Å². The fourth-order valence-electron chi connectivity index (χ4n) is 2.77. The molecule has 0 spiro atoms. The molecular weight excluding hydrogens is 338 g/mol. The zero-order valence-electron chi connectivity index (χ0n) is 14.5. The average Bonchev–Trinajstić information content (AvgIpc) is 2.65. The summed E-state index contributed by atoms with van der Waals surface area (Å²) < 4.78 is 0. The minimum absolute atomic E-state index is 0.0290. The Labute approximate surface area is 152 Å². The molecule has 1 aromatic rings. The molecule has 7 heteroatoms. The Bertz CT molecular complexity index is 586. The van der Waals surface area contributed by atoms with Crippen LogP contribution in [0.15, 0.2) is 30.3 Å². The highest BCUT2D eigenvalue weighted by molar-refractivity contribution is 7.99. The number of carbonyl (C=O) groups excluding carboxylic acids is 3. The summed E-state index contributed by atoms with van der Waals surface area (Å²) in [5.74, 6) is 0.662. The third-order valence-electron chi connectivity index (χ3n) is 4.27. The second-order valence-corrected chi connectivity index (χ2v) is 6.98. The lowest BCUT2D eigenvalue weighted by Gasteiger charge is -2.32. The van der Waals surface area contributed by atoms with Crippen molar-refractivity contribution in [2.75, 3.05) is 38.2 Å². The molecular formula is C18H25N3O3S. The van der Waals surface area contributed by atoms with E-state index in [4.69, 9.17) is 0 Å². The molecule has 136 valence electrons. The Morgan fingerprint density at radius 1 is 1.12 bits per heavy atom. The first-order valence-electron chi connectivity index (χ1n) is 8.47. The quantitative estimate of drug-likeness (QED) is 0.761. The Kier molecular flexibility index (Phi) is 7.78. The highest BCUT2D eigenvalue weighted by atomic mass is 32.2. The van der Waals surface area contributed by atoms with Crippen molar-refractivity contribution < 1.29 is 14.4 Å². The van der Waals surface area contributed by atoms with Crippen molar-refractivity contribution in [3.8, 4) is 0 Å². The van der Waals surface area contributed by atoms with E-state index in [9.17, 15) is 14.4 Å². The van der Waals surface area contributed by atoms with Gasteiger partial charge in [0.2, 0.25) is 11.8 Å². The van der Waals surface area contributed by atoms with Crippen molar-refractivity contribution in [2.24, 2.45) is 5.92 Å². The lowest BCUT2D eigenvalue weighted by atomic mass is 9.97. The van der Waals surface area contributed by atoms with Gasteiger partial charge in [-0.15, -0.1) is 0 Å². The molecule has 0 atom stereocenters. The van der Waals surface area contributed by atoms with E-state index in [1.807, 2.05) is 17.2 Å². The number of carbonyl (C=O) groups is 3. The van der Waals surface area contributed by atoms with Gasteiger partial charge in [0.1, 0.15) is 0 Å². The lowest BCUT2D eigenvalue weighted by Crippen LogP contribution is -2.43. The molecule has 0 radical (unpaired) electrons. The molecule has 0 aliphatic carbocycles. The van der Waals surface area contributed by atoms with Crippen LogP contribution in [0.3, 0.4) is 0 Å². The molecule has 0 aromatic heterocycles. The Balaban J connectivity index is 1.63. The molecule has 0 saturated carbocycles. The number of thioether (sulfide) groups is 1. The molecule has 1 heterocycles. The number of hydrogen-bond donors (Lipinski definition) is 2. The molecule has 0 unspecified atom stereocenters. The second kappa shape index (κ2) is 10.1. The van der Waals surface area contributed by atoms with Crippen LogP contribution in [-0.4, -0.2) is 60.8 Å². The van der Waals surface area contributed by atoms with E-state index >= 15 is 0 Å². The topological polar surface area (TPSA) is 78.5 Å². The SMILES string of the molecule is CSCC(=O)N1CCC(CNC(=O)CNC(=O)c2ccccc2)CC1. The van der Waals surface area contributed by atoms with Crippen LogP contribution in [-0.2, 0) is 9.59 Å². The summed E-state index contributed by atoms with van der Waals surface area (Å²) >= 11 is 1.54. The van der Waals surface area contributed by atoms with E-state index in [0.29, 0.717) is 23.8 Å². The average molecular weight is 363 g/mol. The van der Waals surface area contributed by atoms with Crippen LogP contribution in [0.1, 0.15) is 23.2 Å². The maximum Gasteiger partial charge on any atom is 0.251 e. The van der Waals surface area contributed by atoms with Crippen LogP contribution in [0.2, 0.25) is 0 Å². The second-order valence-electron chi connectivity index (χ2n) is 6.11. The van der Waals surface area contributed by atoms with Crippen LogP contribution in [0, 0.1) is 5.92 Å². The minimum Gasteiger partial charge on any atom is -0.354 e. The molecule has 2 rings (SSSR count). The number of nitrogens with one attached hydrogen (secondary N) is 2. The maximum absolute atomic E-state index is 11.9. The van der Waals surface area contributed by atoms with Crippen LogP contribution >= 0.6 is 11.8 Å². The van der Waals surface area contributed by atoms with E-state index in [2.05, 4.69) is 10.6 Å². The molecule has 0 bridgehead atoms. The van der Waals surface area contributed by atoms with E-state index in [1.165, 1.54) is 0 Å². The first-order chi connectivity index (χ1) is 12.1. The van der Waals surface area contributed by atoms with Crippen molar-refractivity contribution in [3.05, 3.63) is 35.9 Å². The zero-order chi connectivity index (χ0) is 18.1. The van der Waals surface area contributed by atoms with Gasteiger partial charge in [0.05, 0.1) is 12.3 Å². The number of rotatable bonds is 7. The molecule has 1 aliphatic rings. The Hall–Kier alpha value is -2.02. The van der Waals surface area contributed by atoms with Crippen LogP contribution in [0.4, 0.5) is 0 Å². The maximum atomic E-state index is 11.9. The minimum atomic E-state index is -0.253. The summed E-state index contributed by atoms with van der Waals surface area (Å²) in [6.07, 6.45) is 3.73. The summed E-state index contributed by atoms with van der Waals surface area (Å²) in [4.78, 5) is 37.5. The highest BCUT2D eigenvalue weighted by Crippen LogP contribution is 2.17. The third-order valence-corrected chi connectivity index (χ3v) is 4.80. The summed E-state index contributed by atoms with van der Waals surface area (Å²) in [5.41, 5.74) is 0.539. The fraction of sp³-hybridized carbons (Fsp3) is 0.500. The van der Waals surface area contributed by atoms with Crippen molar-refractivity contribution in [2.45, 2.75) is 12.8 Å². The molecule has 1 aromatic carbocycles. The van der Waals surface area contributed by atoms with Gasteiger partial charge in [-0.2, -0.15) is 11.8 Å². The number of nitrogens with zero attached hydrogens (tertiary/aromatic N) is 1. The van der Waals surface area contributed by atoms with E-state index < -0.39 is 0 Å². The van der Waals surface area contributed by atoms with Crippen molar-refractivity contribution in [1.82, 2.24) is 15.5 Å². The number of amides is 3. The monoisotopic (exact) mass is 363 g/mol. The van der Waals surface area contributed by atoms with E-state index in [-0.39, 0.29) is 24.3 Å². The summed E-state index contributed by atoms with van der Waals surface area (Å²) in [7, 11) is 0. The molecule has 1 aliphatic heterocycles. The molecule has 2 N–H and O–H groups in total. The smallest absolute Gasteiger partial charge is 0.251 e. The van der Waals surface area contributed by atoms with Crippen LogP contribution < -0.4 is 10.6 Å². The van der Waals surface area contributed by atoms with Crippen LogP contribution in [0.25, 0.3) is 0 Å². The number of piperidine rings is 1. The summed E-state index contributed by atoms with van der Waals surface area (Å²) in [5, 5.41) is 5.48. The molecule has 3 amide bonds. The van der Waals surface area contributed by atoms with Gasteiger partial charge in [0.15, 0.2) is 0 Å². The van der Waals surface area contributed by atoms with Crippen molar-refractivity contribution in [1.29, 1.82) is 0 Å². The number of benzene rings is 1. The lowest BCUT2D eigenvalue weighted by molar-refractivity contribution is -0.130. The molecule has 6 nitrogen and oxygen atoms in total. The van der Waals surface area contributed by atoms with Gasteiger partial charge >= 0.3 is 0 Å². The van der Waals surface area contributed by atoms with Crippen LogP contribution in [0.5, 0.6) is 0 Å². The third kappa shape index (κ3) is 6.42. The predicted molar refractivity (Wildman–Crippen MR) is 99.5 cm³/mol. The zero-order valence-corrected chi connectivity index (χ0v) is 15.3. The van der Waals surface area contributed by atoms with E-state index in [1.54, 1.807) is 36.0 Å². The first-order valence-corrected chi connectivity index (χ1v) is 9.86. The Morgan fingerprint density at radius 3 is 2.44 bits per heavy atom. The largest absolute Gasteiger partial charge is 0.354 e. The van der Waals surface area contributed by atoms with Gasteiger partial charge in [0.25, 0.3) is 5.91 Å². The summed E-state index contributed by atoms with van der Waals surface area (Å²) in [6.45, 7) is 2.07. The standard InChI is InChI=1S/C18H25N3O3S/c1-25-13-17(23)21-9-7-14(8-10-21)11-19-16(22)12-20-18(24)15-5-3-2-4-6-15/h2-6,14H,7-13H2,1H3,(H,19,22)(H,20,24). The van der Waals surface area contributed by atoms with E-state index in [0.717, 1.165) is 25.9 Å². The molecule has 1 fully saturated rings. The molecule has 25 heavy (non-hydrogen) atoms. The normalized spacial score (nSPS) is 14.8. The van der Waals surface area contributed by atoms with Crippen molar-refractivity contribution >= 4 is 29.5 Å². The number of hydrogen-bond acceptors (Lipinski definition) is 4. The summed E-state index contributed by atoms with van der Waals surface area (Å²) in [6, 6.07) is 8.82. The fourth-order valence-corrected chi connectivity index (χ4v) is 3.20.